The first kappa shape index (κ1) is 16.2. The van der Waals surface area contributed by atoms with Crippen LogP contribution in [0.25, 0.3) is 0 Å². The first-order valence-corrected chi connectivity index (χ1v) is 8.73. The van der Waals surface area contributed by atoms with Crippen molar-refractivity contribution in [1.82, 2.24) is 0 Å². The van der Waals surface area contributed by atoms with E-state index in [0.29, 0.717) is 20.7 Å². The minimum atomic E-state index is -3.72. The zero-order valence-corrected chi connectivity index (χ0v) is 14.5. The zero-order valence-electron chi connectivity index (χ0n) is 10.5. The van der Waals surface area contributed by atoms with Crippen LogP contribution in [0, 0.1) is 0 Å². The number of halogens is 2. The smallest absolute Gasteiger partial charge is 0.261 e. The molecule has 3 N–H and O–H groups in total. The minimum Gasteiger partial charge on any atom is -0.389 e. The number of rotatable bonds is 4. The second kappa shape index (κ2) is 6.31. The predicted octanol–water partition coefficient (Wildman–Crippen LogP) is 3.54. The second-order valence-corrected chi connectivity index (χ2v) is 7.53. The van der Waals surface area contributed by atoms with E-state index in [1.807, 2.05) is 0 Å². The number of thiocarbonyl (C=S) groups is 1. The van der Waals surface area contributed by atoms with Crippen molar-refractivity contribution in [2.24, 2.45) is 5.73 Å². The van der Waals surface area contributed by atoms with Gasteiger partial charge in [0.15, 0.2) is 0 Å². The van der Waals surface area contributed by atoms with E-state index in [1.165, 1.54) is 18.2 Å². The van der Waals surface area contributed by atoms with Crippen LogP contribution in [0.4, 0.5) is 5.69 Å². The molecule has 0 fully saturated rings. The molecule has 0 aliphatic rings. The molecule has 2 aromatic carbocycles. The molecule has 0 saturated carbocycles. The van der Waals surface area contributed by atoms with Crippen LogP contribution in [0.5, 0.6) is 0 Å². The second-order valence-electron chi connectivity index (χ2n) is 4.12. The maximum atomic E-state index is 12.3. The van der Waals surface area contributed by atoms with Gasteiger partial charge in [0.25, 0.3) is 10.0 Å². The van der Waals surface area contributed by atoms with Crippen molar-refractivity contribution in [2.75, 3.05) is 4.72 Å². The Hall–Kier alpha value is -1.15. The standard InChI is InChI=1S/C13H10BrClN2O2S2/c14-11-6-3-9(15)7-12(11)17-21(18,19)10-4-1-8(2-5-10)13(16)20/h1-7,17H,(H2,16,20). The summed E-state index contributed by atoms with van der Waals surface area (Å²) < 4.78 is 27.7. The van der Waals surface area contributed by atoms with Gasteiger partial charge < -0.3 is 5.73 Å². The van der Waals surface area contributed by atoms with E-state index in [0.717, 1.165) is 0 Å². The molecule has 0 spiro atoms. The molecule has 0 heterocycles. The van der Waals surface area contributed by atoms with E-state index in [2.05, 4.69) is 20.7 Å². The average Bonchev–Trinajstić information content (AvgIpc) is 2.43. The number of anilines is 1. The summed E-state index contributed by atoms with van der Waals surface area (Å²) in [4.78, 5) is 0.318. The molecule has 0 aliphatic carbocycles. The van der Waals surface area contributed by atoms with E-state index in [1.54, 1.807) is 24.3 Å². The topological polar surface area (TPSA) is 72.2 Å². The highest BCUT2D eigenvalue weighted by molar-refractivity contribution is 9.10. The normalized spacial score (nSPS) is 11.1. The summed E-state index contributed by atoms with van der Waals surface area (Å²) in [5.41, 5.74) is 6.44. The molecule has 0 saturated heterocycles. The summed E-state index contributed by atoms with van der Waals surface area (Å²) in [6.07, 6.45) is 0. The van der Waals surface area contributed by atoms with E-state index in [4.69, 9.17) is 29.6 Å². The third-order valence-electron chi connectivity index (χ3n) is 2.62. The van der Waals surface area contributed by atoms with Gasteiger partial charge in [-0.2, -0.15) is 0 Å². The van der Waals surface area contributed by atoms with Crippen molar-refractivity contribution in [3.05, 3.63) is 57.5 Å². The first-order valence-electron chi connectivity index (χ1n) is 5.67. The molecule has 2 rings (SSSR count). The lowest BCUT2D eigenvalue weighted by atomic mass is 10.2. The molecule has 0 aliphatic heterocycles. The van der Waals surface area contributed by atoms with Crippen molar-refractivity contribution in [2.45, 2.75) is 4.90 Å². The van der Waals surface area contributed by atoms with E-state index >= 15 is 0 Å². The highest BCUT2D eigenvalue weighted by atomic mass is 79.9. The van der Waals surface area contributed by atoms with Crippen LogP contribution in [0.1, 0.15) is 5.56 Å². The van der Waals surface area contributed by atoms with Crippen LogP contribution in [0.15, 0.2) is 51.8 Å². The molecule has 0 atom stereocenters. The molecule has 0 unspecified atom stereocenters. The monoisotopic (exact) mass is 404 g/mol. The number of nitrogens with two attached hydrogens (primary N) is 1. The van der Waals surface area contributed by atoms with Crippen LogP contribution in [0.2, 0.25) is 5.02 Å². The maximum Gasteiger partial charge on any atom is 0.261 e. The first-order chi connectivity index (χ1) is 9.79. The molecular weight excluding hydrogens is 396 g/mol. The van der Waals surface area contributed by atoms with Gasteiger partial charge in [0.1, 0.15) is 4.99 Å². The largest absolute Gasteiger partial charge is 0.389 e. The molecule has 21 heavy (non-hydrogen) atoms. The highest BCUT2D eigenvalue weighted by Gasteiger charge is 2.16. The number of nitrogens with one attached hydrogen (secondary N) is 1. The highest BCUT2D eigenvalue weighted by Crippen LogP contribution is 2.28. The summed E-state index contributed by atoms with van der Waals surface area (Å²) in [6, 6.07) is 10.8. The van der Waals surface area contributed by atoms with Gasteiger partial charge in [0.05, 0.1) is 10.6 Å². The molecule has 0 bridgehead atoms. The number of hydrogen-bond acceptors (Lipinski definition) is 3. The van der Waals surface area contributed by atoms with Crippen LogP contribution >= 0.6 is 39.7 Å². The fourth-order valence-electron chi connectivity index (χ4n) is 1.58. The number of benzene rings is 2. The number of hydrogen-bond donors (Lipinski definition) is 2. The number of sulfonamides is 1. The Morgan fingerprint density at radius 1 is 1.19 bits per heavy atom. The third kappa shape index (κ3) is 3.94. The van der Waals surface area contributed by atoms with Crippen molar-refractivity contribution in [3.8, 4) is 0 Å². The third-order valence-corrected chi connectivity index (χ3v) is 5.17. The van der Waals surface area contributed by atoms with Crippen LogP contribution in [-0.2, 0) is 10.0 Å². The fraction of sp³-hybridized carbons (Fsp3) is 0. The van der Waals surface area contributed by atoms with E-state index in [-0.39, 0.29) is 9.88 Å². The summed E-state index contributed by atoms with van der Waals surface area (Å²) in [6.45, 7) is 0. The molecular formula is C13H10BrClN2O2S2. The molecule has 4 nitrogen and oxygen atoms in total. The zero-order chi connectivity index (χ0) is 15.6. The fourth-order valence-corrected chi connectivity index (χ4v) is 3.43. The molecule has 2 aromatic rings. The van der Waals surface area contributed by atoms with Crippen LogP contribution in [-0.4, -0.2) is 13.4 Å². The van der Waals surface area contributed by atoms with Crippen molar-refractivity contribution >= 4 is 60.4 Å². The lowest BCUT2D eigenvalue weighted by Gasteiger charge is -2.10. The van der Waals surface area contributed by atoms with Crippen molar-refractivity contribution < 1.29 is 8.42 Å². The Morgan fingerprint density at radius 2 is 1.81 bits per heavy atom. The Labute approximate surface area is 141 Å². The van der Waals surface area contributed by atoms with E-state index in [9.17, 15) is 8.42 Å². The van der Waals surface area contributed by atoms with Gasteiger partial charge in [-0.15, -0.1) is 0 Å². The Kier molecular flexibility index (Phi) is 4.88. The van der Waals surface area contributed by atoms with Gasteiger partial charge in [-0.3, -0.25) is 4.72 Å². The quantitative estimate of drug-likeness (QED) is 0.763. The summed E-state index contributed by atoms with van der Waals surface area (Å²) in [5.74, 6) is 0. The summed E-state index contributed by atoms with van der Waals surface area (Å²) in [5, 5.41) is 0.430. The molecule has 110 valence electrons. The molecule has 0 radical (unpaired) electrons. The van der Waals surface area contributed by atoms with Gasteiger partial charge in [-0.05, 0) is 46.3 Å². The molecule has 0 aromatic heterocycles. The predicted molar refractivity (Wildman–Crippen MR) is 92.3 cm³/mol. The Morgan fingerprint density at radius 3 is 2.38 bits per heavy atom. The van der Waals surface area contributed by atoms with Crippen molar-refractivity contribution in [1.29, 1.82) is 0 Å². The Bertz CT molecular complexity index is 792. The lowest BCUT2D eigenvalue weighted by molar-refractivity contribution is 0.601. The maximum absolute atomic E-state index is 12.3. The van der Waals surface area contributed by atoms with Crippen molar-refractivity contribution in [3.63, 3.8) is 0 Å². The van der Waals surface area contributed by atoms with E-state index < -0.39 is 10.0 Å². The van der Waals surface area contributed by atoms with Gasteiger partial charge in [0, 0.05) is 15.1 Å². The van der Waals surface area contributed by atoms with Gasteiger partial charge >= 0.3 is 0 Å². The SMILES string of the molecule is NC(=S)c1ccc(S(=O)(=O)Nc2cc(Cl)ccc2Br)cc1. The summed E-state index contributed by atoms with van der Waals surface area (Å²) in [7, 11) is -3.72. The molecule has 8 heteroatoms. The Balaban J connectivity index is 2.34. The average molecular weight is 406 g/mol. The van der Waals surface area contributed by atoms with Gasteiger partial charge in [0.2, 0.25) is 0 Å². The lowest BCUT2D eigenvalue weighted by Crippen LogP contribution is -2.14. The van der Waals surface area contributed by atoms with Crippen LogP contribution in [0.3, 0.4) is 0 Å². The van der Waals surface area contributed by atoms with Gasteiger partial charge in [-0.1, -0.05) is 36.0 Å². The van der Waals surface area contributed by atoms with Crippen LogP contribution < -0.4 is 10.5 Å². The molecule has 0 amide bonds. The van der Waals surface area contributed by atoms with Gasteiger partial charge in [-0.25, -0.2) is 8.42 Å². The summed E-state index contributed by atoms with van der Waals surface area (Å²) >= 11 is 14.0. The minimum absolute atomic E-state index is 0.106.